The van der Waals surface area contributed by atoms with E-state index in [0.29, 0.717) is 17.4 Å². The summed E-state index contributed by atoms with van der Waals surface area (Å²) in [5.41, 5.74) is 5.30. The van der Waals surface area contributed by atoms with Crippen LogP contribution < -0.4 is 5.73 Å². The monoisotopic (exact) mass is 119 g/mol. The molecule has 0 aliphatic rings. The molecule has 0 aliphatic carbocycles. The minimum absolute atomic E-state index is 0.0661. The largest absolute Gasteiger partial charge is 0.323 e. The topological polar surface area (TPSA) is 60.2 Å². The Labute approximate surface area is 45.3 Å². The van der Waals surface area contributed by atoms with Gasteiger partial charge >= 0.3 is 0 Å². The van der Waals surface area contributed by atoms with Gasteiger partial charge in [0.05, 0.1) is 6.54 Å². The molecule has 2 N–H and O–H groups in total. The first-order valence-electron chi connectivity index (χ1n) is 1.64. The molecule has 3 nitrogen and oxygen atoms in total. The van der Waals surface area contributed by atoms with Crippen molar-refractivity contribution >= 4 is 22.5 Å². The fourth-order valence-electron chi connectivity index (χ4n) is 0.102. The van der Waals surface area contributed by atoms with Gasteiger partial charge in [-0.3, -0.25) is 9.59 Å². The highest BCUT2D eigenvalue weighted by atomic mass is 32.2. The number of rotatable bonds is 2. The molecule has 0 bridgehead atoms. The Morgan fingerprint density at radius 1 is 1.86 bits per heavy atom. The molecule has 0 fully saturated rings. The van der Waals surface area contributed by atoms with Gasteiger partial charge < -0.3 is 5.73 Å². The molecular weight excluding hydrogens is 114 g/mol. The quantitative estimate of drug-likeness (QED) is 0.493. The van der Waals surface area contributed by atoms with E-state index in [1.807, 2.05) is 0 Å². The number of carbonyl (C=O) groups is 2. The van der Waals surface area contributed by atoms with Gasteiger partial charge in [0.25, 0.3) is 0 Å². The maximum atomic E-state index is 10.0. The summed E-state index contributed by atoms with van der Waals surface area (Å²) in [6, 6.07) is 0. The Hall–Kier alpha value is -0.350. The summed E-state index contributed by atoms with van der Waals surface area (Å²) < 4.78 is 0. The molecule has 0 heterocycles. The minimum atomic E-state index is -0.296. The van der Waals surface area contributed by atoms with Crippen LogP contribution in [-0.2, 0) is 9.59 Å². The molecule has 4 heteroatoms. The SMILES string of the molecule is NCC(=O)SC=O. The van der Waals surface area contributed by atoms with Crippen LogP contribution in [0.15, 0.2) is 0 Å². The molecule has 0 saturated heterocycles. The molecule has 0 saturated carbocycles. The van der Waals surface area contributed by atoms with E-state index in [4.69, 9.17) is 5.73 Å². The van der Waals surface area contributed by atoms with Gasteiger partial charge in [0.15, 0.2) is 5.62 Å². The summed E-state index contributed by atoms with van der Waals surface area (Å²) in [7, 11) is 0. The predicted octanol–water partition coefficient (Wildman–Crippen LogP) is -0.605. The van der Waals surface area contributed by atoms with Gasteiger partial charge in [-0.15, -0.1) is 0 Å². The number of thioether (sulfide) groups is 1. The van der Waals surface area contributed by atoms with Crippen LogP contribution in [-0.4, -0.2) is 17.3 Å². The van der Waals surface area contributed by atoms with Crippen molar-refractivity contribution in [2.24, 2.45) is 5.73 Å². The summed E-state index contributed by atoms with van der Waals surface area (Å²) in [4.78, 5) is 19.5. The standard InChI is InChI=1S/C3H5NO2S/c4-1-3(6)7-2-5/h2H,1,4H2. The van der Waals surface area contributed by atoms with E-state index in [1.54, 1.807) is 0 Å². The number of hydrogen-bond donors (Lipinski definition) is 1. The van der Waals surface area contributed by atoms with Gasteiger partial charge in [0, 0.05) is 0 Å². The summed E-state index contributed by atoms with van der Waals surface area (Å²) in [6.07, 6.45) is 0. The highest BCUT2D eigenvalue weighted by molar-refractivity contribution is 8.24. The van der Waals surface area contributed by atoms with Gasteiger partial charge in [0.1, 0.15) is 0 Å². The third kappa shape index (κ3) is 3.48. The van der Waals surface area contributed by atoms with Crippen molar-refractivity contribution in [2.75, 3.05) is 6.54 Å². The lowest BCUT2D eigenvalue weighted by Crippen LogP contribution is -2.08. The van der Waals surface area contributed by atoms with Gasteiger partial charge in [-0.05, 0) is 11.8 Å². The van der Waals surface area contributed by atoms with E-state index < -0.39 is 0 Å². The second-order valence-electron chi connectivity index (χ2n) is 0.790. The highest BCUT2D eigenvalue weighted by Gasteiger charge is 1.93. The van der Waals surface area contributed by atoms with Crippen molar-refractivity contribution in [3.05, 3.63) is 0 Å². The number of carbonyl (C=O) groups excluding carboxylic acids is 2. The Morgan fingerprint density at radius 2 is 2.43 bits per heavy atom. The van der Waals surface area contributed by atoms with Crippen molar-refractivity contribution < 1.29 is 9.59 Å². The number of hydrogen-bond acceptors (Lipinski definition) is 4. The molecule has 0 rings (SSSR count). The molecule has 0 unspecified atom stereocenters. The predicted molar refractivity (Wildman–Crippen MR) is 28.4 cm³/mol. The van der Waals surface area contributed by atoms with Crippen LogP contribution >= 0.6 is 11.8 Å². The lowest BCUT2D eigenvalue weighted by molar-refractivity contribution is -0.109. The van der Waals surface area contributed by atoms with Crippen LogP contribution in [0.2, 0.25) is 0 Å². The lowest BCUT2D eigenvalue weighted by atomic mass is 10.8. The summed E-state index contributed by atoms with van der Waals surface area (Å²) in [5, 5.41) is -0.296. The van der Waals surface area contributed by atoms with E-state index in [1.165, 1.54) is 0 Å². The summed E-state index contributed by atoms with van der Waals surface area (Å²) in [6.45, 7) is -0.0661. The average molecular weight is 119 g/mol. The molecule has 7 heavy (non-hydrogen) atoms. The van der Waals surface area contributed by atoms with Gasteiger partial charge in [-0.1, -0.05) is 0 Å². The second kappa shape index (κ2) is 3.83. The molecule has 0 atom stereocenters. The van der Waals surface area contributed by atoms with E-state index in [9.17, 15) is 9.59 Å². The first-order chi connectivity index (χ1) is 3.31. The third-order valence-corrected chi connectivity index (χ3v) is 0.872. The van der Waals surface area contributed by atoms with E-state index >= 15 is 0 Å². The van der Waals surface area contributed by atoms with Gasteiger partial charge in [0.2, 0.25) is 5.12 Å². The van der Waals surface area contributed by atoms with Crippen LogP contribution in [0.1, 0.15) is 0 Å². The molecule has 0 aromatic carbocycles. The Morgan fingerprint density at radius 3 is 2.57 bits per heavy atom. The van der Waals surface area contributed by atoms with E-state index in [2.05, 4.69) is 0 Å². The van der Waals surface area contributed by atoms with Crippen LogP contribution in [0.25, 0.3) is 0 Å². The van der Waals surface area contributed by atoms with Crippen LogP contribution in [0, 0.1) is 0 Å². The molecule has 40 valence electrons. The molecule has 0 aromatic heterocycles. The third-order valence-electron chi connectivity index (χ3n) is 0.346. The van der Waals surface area contributed by atoms with Gasteiger partial charge in [-0.2, -0.15) is 0 Å². The van der Waals surface area contributed by atoms with Crippen molar-refractivity contribution in [2.45, 2.75) is 0 Å². The zero-order valence-electron chi connectivity index (χ0n) is 3.59. The van der Waals surface area contributed by atoms with E-state index in [0.717, 1.165) is 0 Å². The fraction of sp³-hybridized carbons (Fsp3) is 0.333. The van der Waals surface area contributed by atoms with Crippen molar-refractivity contribution in [3.8, 4) is 0 Å². The molecule has 0 aliphatic heterocycles. The molecule has 0 aromatic rings. The molecular formula is C3H5NO2S. The zero-order chi connectivity index (χ0) is 5.70. The smallest absolute Gasteiger partial charge is 0.209 e. The highest BCUT2D eigenvalue weighted by Crippen LogP contribution is 1.90. The Bertz CT molecular complexity index is 83.0. The minimum Gasteiger partial charge on any atom is -0.323 e. The lowest BCUT2D eigenvalue weighted by Gasteiger charge is -1.80. The Kier molecular flexibility index (Phi) is 3.64. The molecule has 0 amide bonds. The number of nitrogens with two attached hydrogens (primary N) is 1. The van der Waals surface area contributed by atoms with Crippen molar-refractivity contribution in [1.82, 2.24) is 0 Å². The summed E-state index contributed by atoms with van der Waals surface area (Å²) in [5.74, 6) is 0. The zero-order valence-corrected chi connectivity index (χ0v) is 4.40. The van der Waals surface area contributed by atoms with Crippen molar-refractivity contribution in [1.29, 1.82) is 0 Å². The van der Waals surface area contributed by atoms with Crippen LogP contribution in [0.4, 0.5) is 0 Å². The van der Waals surface area contributed by atoms with Gasteiger partial charge in [-0.25, -0.2) is 0 Å². The first kappa shape index (κ1) is 6.65. The normalized spacial score (nSPS) is 8.14. The second-order valence-corrected chi connectivity index (χ2v) is 1.67. The maximum absolute atomic E-state index is 10.0. The first-order valence-corrected chi connectivity index (χ1v) is 2.52. The summed E-state index contributed by atoms with van der Waals surface area (Å²) >= 11 is 0.587. The fourth-order valence-corrected chi connectivity index (χ4v) is 0.305. The van der Waals surface area contributed by atoms with E-state index in [-0.39, 0.29) is 11.7 Å². The maximum Gasteiger partial charge on any atom is 0.209 e. The Balaban J connectivity index is 3.17. The van der Waals surface area contributed by atoms with Crippen LogP contribution in [0.5, 0.6) is 0 Å². The van der Waals surface area contributed by atoms with Crippen molar-refractivity contribution in [3.63, 3.8) is 0 Å². The average Bonchev–Trinajstić information content (AvgIpc) is 1.68. The molecule has 0 spiro atoms. The van der Waals surface area contributed by atoms with Crippen LogP contribution in [0.3, 0.4) is 0 Å². The molecule has 0 radical (unpaired) electrons.